The highest BCUT2D eigenvalue weighted by Gasteiger charge is 2.26. The van der Waals surface area contributed by atoms with Crippen LogP contribution in [0.4, 0.5) is 0 Å². The van der Waals surface area contributed by atoms with E-state index in [2.05, 4.69) is 223 Å². The van der Waals surface area contributed by atoms with E-state index in [9.17, 15) is 0 Å². The summed E-state index contributed by atoms with van der Waals surface area (Å²) in [6.07, 6.45) is 12.4. The Hall–Kier alpha value is -8.80. The first-order chi connectivity index (χ1) is 35.2. The number of amidine groups is 1. The van der Waals surface area contributed by atoms with E-state index < -0.39 is 0 Å². The number of allylic oxidation sites excluding steroid dienone is 4. The highest BCUT2D eigenvalue weighted by Crippen LogP contribution is 2.45. The number of aliphatic imine (C=N–C) groups is 2. The molecule has 71 heavy (non-hydrogen) atoms. The van der Waals surface area contributed by atoms with Gasteiger partial charge in [0.2, 0.25) is 0 Å². The van der Waals surface area contributed by atoms with Crippen molar-refractivity contribution in [3.8, 4) is 27.9 Å². The molecular weight excluding hydrogens is 867 g/mol. The van der Waals surface area contributed by atoms with Crippen molar-refractivity contribution in [3.63, 3.8) is 0 Å². The Kier molecular flexibility index (Phi) is 9.87. The Balaban J connectivity index is 0.944. The summed E-state index contributed by atoms with van der Waals surface area (Å²) in [5.41, 5.74) is 16.7. The lowest BCUT2D eigenvalue weighted by atomic mass is 9.90. The highest BCUT2D eigenvalue weighted by atomic mass is 16.3. The van der Waals surface area contributed by atoms with Crippen LogP contribution in [0.1, 0.15) is 59.9 Å². The van der Waals surface area contributed by atoms with Crippen LogP contribution in [-0.2, 0) is 0 Å². The molecule has 2 unspecified atom stereocenters. The Morgan fingerprint density at radius 3 is 2.04 bits per heavy atom. The van der Waals surface area contributed by atoms with Gasteiger partial charge < -0.3 is 13.4 Å². The Morgan fingerprint density at radius 1 is 0.493 bits per heavy atom. The predicted molar refractivity (Wildman–Crippen MR) is 294 cm³/mol. The quantitative estimate of drug-likeness (QED) is 0.160. The van der Waals surface area contributed by atoms with Gasteiger partial charge in [-0.1, -0.05) is 182 Å². The third kappa shape index (κ3) is 7.07. The molecule has 0 N–H and O–H groups in total. The second-order valence-corrected chi connectivity index (χ2v) is 19.0. The van der Waals surface area contributed by atoms with Crippen LogP contribution < -0.4 is 0 Å². The Bertz CT molecular complexity index is 4170. The predicted octanol–water partition coefficient (Wildman–Crippen LogP) is 17.7. The van der Waals surface area contributed by atoms with Crippen LogP contribution in [0.5, 0.6) is 0 Å². The SMILES string of the molecule is C1=CCC(c2ccc(C3=NC(c4cc(-c5cccc6c5oc5c(-n7c8ccccc8c8cc(-c9ccccc9)ccc87)cccc56)cc5oc6ccccc6c45)CCCC(c4ccccc4)=N3)cc2)C=C1. The summed E-state index contributed by atoms with van der Waals surface area (Å²) in [4.78, 5) is 11.2. The second kappa shape index (κ2) is 17.0. The molecule has 5 nitrogen and oxygen atoms in total. The largest absolute Gasteiger partial charge is 0.456 e. The van der Waals surface area contributed by atoms with Crippen molar-refractivity contribution in [1.82, 2.24) is 4.57 Å². The molecule has 338 valence electrons. The molecule has 14 rings (SSSR count). The summed E-state index contributed by atoms with van der Waals surface area (Å²) < 4.78 is 16.4. The number of benzene rings is 9. The van der Waals surface area contributed by atoms with E-state index in [1.54, 1.807) is 0 Å². The lowest BCUT2D eigenvalue weighted by Crippen LogP contribution is -2.13. The molecule has 0 fully saturated rings. The molecule has 3 aromatic heterocycles. The van der Waals surface area contributed by atoms with Gasteiger partial charge >= 0.3 is 0 Å². The first-order valence-electron chi connectivity index (χ1n) is 24.8. The maximum Gasteiger partial charge on any atom is 0.159 e. The lowest BCUT2D eigenvalue weighted by Gasteiger charge is -2.21. The van der Waals surface area contributed by atoms with Crippen molar-refractivity contribution in [2.45, 2.75) is 37.6 Å². The maximum atomic E-state index is 7.25. The van der Waals surface area contributed by atoms with Crippen LogP contribution >= 0.6 is 0 Å². The van der Waals surface area contributed by atoms with E-state index in [1.165, 1.54) is 27.5 Å². The second-order valence-electron chi connectivity index (χ2n) is 19.0. The van der Waals surface area contributed by atoms with E-state index in [0.29, 0.717) is 5.92 Å². The molecule has 4 heterocycles. The van der Waals surface area contributed by atoms with Gasteiger partial charge in [0.05, 0.1) is 28.5 Å². The van der Waals surface area contributed by atoms with Gasteiger partial charge in [0.15, 0.2) is 11.4 Å². The van der Waals surface area contributed by atoms with Crippen LogP contribution in [0.2, 0.25) is 0 Å². The summed E-state index contributed by atoms with van der Waals surface area (Å²) in [5.74, 6) is 1.11. The number of fused-ring (bicyclic) bond motifs is 9. The number of hydrogen-bond acceptors (Lipinski definition) is 4. The minimum absolute atomic E-state index is 0.195. The number of para-hydroxylation sites is 4. The molecular formula is C66H47N3O2. The molecule has 1 aliphatic carbocycles. The van der Waals surface area contributed by atoms with E-state index in [-0.39, 0.29) is 6.04 Å². The summed E-state index contributed by atoms with van der Waals surface area (Å²) in [7, 11) is 0. The lowest BCUT2D eigenvalue weighted by molar-refractivity contribution is 0.624. The average Bonchev–Trinajstić information content (AvgIpc) is 4.11. The zero-order valence-corrected chi connectivity index (χ0v) is 39.0. The van der Waals surface area contributed by atoms with Crippen molar-refractivity contribution >= 4 is 77.2 Å². The molecule has 9 aromatic carbocycles. The number of aromatic nitrogens is 1. The first-order valence-corrected chi connectivity index (χ1v) is 24.8. The van der Waals surface area contributed by atoms with Gasteiger partial charge in [0.25, 0.3) is 0 Å². The fourth-order valence-corrected chi connectivity index (χ4v) is 11.4. The van der Waals surface area contributed by atoms with E-state index in [1.807, 2.05) is 6.07 Å². The molecule has 0 radical (unpaired) electrons. The van der Waals surface area contributed by atoms with Crippen molar-refractivity contribution < 1.29 is 8.83 Å². The summed E-state index contributed by atoms with van der Waals surface area (Å²) in [5, 5.41) is 6.72. The molecule has 0 saturated carbocycles. The van der Waals surface area contributed by atoms with Gasteiger partial charge in [0.1, 0.15) is 16.7 Å². The third-order valence-electron chi connectivity index (χ3n) is 14.8. The van der Waals surface area contributed by atoms with Crippen LogP contribution in [0, 0.1) is 0 Å². The molecule has 2 aliphatic rings. The topological polar surface area (TPSA) is 55.9 Å². The minimum atomic E-state index is -0.195. The summed E-state index contributed by atoms with van der Waals surface area (Å²) >= 11 is 0. The number of furan rings is 2. The van der Waals surface area contributed by atoms with Crippen molar-refractivity contribution in [2.75, 3.05) is 0 Å². The van der Waals surface area contributed by atoms with E-state index >= 15 is 0 Å². The molecule has 5 heteroatoms. The Labute approximate surface area is 411 Å². The molecule has 0 spiro atoms. The normalized spacial score (nSPS) is 16.3. The smallest absolute Gasteiger partial charge is 0.159 e. The van der Waals surface area contributed by atoms with Gasteiger partial charge in [-0.15, -0.1) is 0 Å². The maximum absolute atomic E-state index is 7.25. The molecule has 0 saturated heterocycles. The van der Waals surface area contributed by atoms with Gasteiger partial charge in [-0.3, -0.25) is 4.99 Å². The monoisotopic (exact) mass is 913 g/mol. The molecule has 2 atom stereocenters. The van der Waals surface area contributed by atoms with Crippen LogP contribution in [-0.4, -0.2) is 16.1 Å². The van der Waals surface area contributed by atoms with Crippen LogP contribution in [0.15, 0.2) is 243 Å². The van der Waals surface area contributed by atoms with E-state index in [4.69, 9.17) is 18.8 Å². The molecule has 1 aliphatic heterocycles. The highest BCUT2D eigenvalue weighted by molar-refractivity contribution is 6.16. The van der Waals surface area contributed by atoms with Crippen molar-refractivity contribution in [3.05, 3.63) is 247 Å². The fourth-order valence-electron chi connectivity index (χ4n) is 11.4. The minimum Gasteiger partial charge on any atom is -0.456 e. The summed E-state index contributed by atoms with van der Waals surface area (Å²) in [6, 6.07) is 71.5. The molecule has 12 aromatic rings. The molecule has 0 amide bonds. The van der Waals surface area contributed by atoms with Crippen LogP contribution in [0.25, 0.3) is 93.6 Å². The standard InChI is InChI=1S/C66H47N3O2/c1-4-17-42(18-5-1)44-33-35-46(36-34-44)66-67-56(45-21-8-3-9-22-45)28-16-29-57(68-66)55-40-48(41-62-63(55)53-24-11-13-32-61(53)70-62)49-25-14-26-51-52-27-15-31-60(65(52)71-64(49)51)69-58-30-12-10-23-50(58)54-39-47(37-38-59(54)69)43-19-6-2-7-20-43/h1-15,17,19-27,30-42,57H,16,18,28-29H2. The van der Waals surface area contributed by atoms with Gasteiger partial charge in [-0.25, -0.2) is 4.99 Å². The average molecular weight is 914 g/mol. The molecule has 0 bridgehead atoms. The van der Waals surface area contributed by atoms with Crippen LogP contribution in [0.3, 0.4) is 0 Å². The Morgan fingerprint density at radius 2 is 1.21 bits per heavy atom. The number of nitrogens with zero attached hydrogens (tertiary/aromatic N) is 3. The van der Waals surface area contributed by atoms with Gasteiger partial charge in [-0.05, 0) is 102 Å². The zero-order chi connectivity index (χ0) is 46.8. The summed E-state index contributed by atoms with van der Waals surface area (Å²) in [6.45, 7) is 0. The van der Waals surface area contributed by atoms with Crippen molar-refractivity contribution in [1.29, 1.82) is 0 Å². The van der Waals surface area contributed by atoms with Gasteiger partial charge in [-0.2, -0.15) is 0 Å². The van der Waals surface area contributed by atoms with Gasteiger partial charge in [0, 0.05) is 49.4 Å². The number of hydrogen-bond donors (Lipinski definition) is 0. The zero-order valence-electron chi connectivity index (χ0n) is 39.0. The van der Waals surface area contributed by atoms with E-state index in [0.717, 1.165) is 126 Å². The third-order valence-corrected chi connectivity index (χ3v) is 14.8. The fraction of sp³-hybridized carbons (Fsp3) is 0.0909. The van der Waals surface area contributed by atoms with Crippen molar-refractivity contribution in [2.24, 2.45) is 9.98 Å². The first kappa shape index (κ1) is 41.2. The number of rotatable bonds is 7.